The third-order valence-corrected chi connectivity index (χ3v) is 4.18. The molecule has 0 aliphatic carbocycles. The van der Waals surface area contributed by atoms with Gasteiger partial charge in [0.15, 0.2) is 0 Å². The van der Waals surface area contributed by atoms with E-state index in [2.05, 4.69) is 13.8 Å². The van der Waals surface area contributed by atoms with Crippen molar-refractivity contribution in [1.29, 1.82) is 5.41 Å². The van der Waals surface area contributed by atoms with Gasteiger partial charge in [0.2, 0.25) is 0 Å². The van der Waals surface area contributed by atoms with Crippen LogP contribution in [0, 0.1) is 17.0 Å². The predicted octanol–water partition coefficient (Wildman–Crippen LogP) is 4.52. The molecule has 0 radical (unpaired) electrons. The van der Waals surface area contributed by atoms with Gasteiger partial charge in [0.25, 0.3) is 0 Å². The second kappa shape index (κ2) is 6.26. The monoisotopic (exact) mass is 306 g/mol. The summed E-state index contributed by atoms with van der Waals surface area (Å²) in [5.74, 6) is -1.37. The summed E-state index contributed by atoms with van der Waals surface area (Å²) >= 11 is 1.02. The predicted molar refractivity (Wildman–Crippen MR) is 82.0 cm³/mol. The molecule has 2 aromatic carbocycles. The topological polar surface area (TPSA) is 49.9 Å². The van der Waals surface area contributed by atoms with E-state index >= 15 is 0 Å². The van der Waals surface area contributed by atoms with E-state index in [0.29, 0.717) is 5.92 Å². The standard InChI is InChI=1S/C16H16F2N2S/c1-9(2)10-3-5-12(6-4-10)21-15-13(17)7-11(16(19)20)8-14(15)18/h3-9H,1-2H3,(H3,19,20). The van der Waals surface area contributed by atoms with Gasteiger partial charge in [-0.05, 0) is 35.7 Å². The molecule has 0 saturated heterocycles. The summed E-state index contributed by atoms with van der Waals surface area (Å²) < 4.78 is 27.9. The molecule has 0 atom stereocenters. The molecule has 21 heavy (non-hydrogen) atoms. The summed E-state index contributed by atoms with van der Waals surface area (Å²) in [5, 5.41) is 7.22. The van der Waals surface area contributed by atoms with E-state index in [9.17, 15) is 8.78 Å². The molecule has 0 unspecified atom stereocenters. The Morgan fingerprint density at radius 1 is 1.10 bits per heavy atom. The number of nitrogen functional groups attached to an aromatic ring is 1. The molecule has 0 spiro atoms. The lowest BCUT2D eigenvalue weighted by Crippen LogP contribution is -2.12. The van der Waals surface area contributed by atoms with Crippen LogP contribution in [0.3, 0.4) is 0 Å². The largest absolute Gasteiger partial charge is 0.384 e. The first-order valence-electron chi connectivity index (χ1n) is 6.49. The Morgan fingerprint density at radius 3 is 2.05 bits per heavy atom. The van der Waals surface area contributed by atoms with E-state index in [-0.39, 0.29) is 16.3 Å². The van der Waals surface area contributed by atoms with Crippen molar-refractivity contribution in [3.8, 4) is 0 Å². The van der Waals surface area contributed by atoms with E-state index in [1.54, 1.807) is 0 Å². The highest BCUT2D eigenvalue weighted by molar-refractivity contribution is 7.99. The zero-order chi connectivity index (χ0) is 15.6. The van der Waals surface area contributed by atoms with Gasteiger partial charge in [-0.25, -0.2) is 8.78 Å². The van der Waals surface area contributed by atoms with E-state index in [1.807, 2.05) is 24.3 Å². The Labute approximate surface area is 126 Å². The molecule has 2 aromatic rings. The Bertz CT molecular complexity index is 643. The second-order valence-corrected chi connectivity index (χ2v) is 6.09. The molecule has 0 aliphatic rings. The first kappa shape index (κ1) is 15.5. The van der Waals surface area contributed by atoms with Crippen LogP contribution in [-0.2, 0) is 0 Å². The van der Waals surface area contributed by atoms with Gasteiger partial charge >= 0.3 is 0 Å². The van der Waals surface area contributed by atoms with Crippen LogP contribution in [0.4, 0.5) is 8.78 Å². The van der Waals surface area contributed by atoms with Crippen molar-refractivity contribution in [3.05, 3.63) is 59.2 Å². The average molecular weight is 306 g/mol. The number of rotatable bonds is 4. The number of hydrogen-bond acceptors (Lipinski definition) is 2. The lowest BCUT2D eigenvalue weighted by molar-refractivity contribution is 0.540. The van der Waals surface area contributed by atoms with Crippen LogP contribution in [-0.4, -0.2) is 5.84 Å². The molecule has 5 heteroatoms. The van der Waals surface area contributed by atoms with Crippen LogP contribution < -0.4 is 5.73 Å². The van der Waals surface area contributed by atoms with E-state index < -0.39 is 11.6 Å². The van der Waals surface area contributed by atoms with Gasteiger partial charge < -0.3 is 5.73 Å². The first-order chi connectivity index (χ1) is 9.88. The molecular weight excluding hydrogens is 290 g/mol. The summed E-state index contributed by atoms with van der Waals surface area (Å²) in [5.41, 5.74) is 6.46. The van der Waals surface area contributed by atoms with Gasteiger partial charge in [0.1, 0.15) is 17.5 Å². The van der Waals surface area contributed by atoms with Crippen molar-refractivity contribution in [3.63, 3.8) is 0 Å². The Balaban J connectivity index is 2.29. The van der Waals surface area contributed by atoms with Gasteiger partial charge in [0, 0.05) is 10.5 Å². The maximum atomic E-state index is 14.0. The number of hydrogen-bond donors (Lipinski definition) is 2. The van der Waals surface area contributed by atoms with E-state index in [1.165, 1.54) is 5.56 Å². The lowest BCUT2D eigenvalue weighted by Gasteiger charge is -2.09. The molecule has 0 heterocycles. The quantitative estimate of drug-likeness (QED) is 0.644. The van der Waals surface area contributed by atoms with Gasteiger partial charge in [-0.3, -0.25) is 5.41 Å². The number of benzene rings is 2. The first-order valence-corrected chi connectivity index (χ1v) is 7.31. The molecule has 0 saturated carbocycles. The SMILES string of the molecule is CC(C)c1ccc(Sc2c(F)cc(C(=N)N)cc2F)cc1. The Hall–Kier alpha value is -1.88. The molecule has 0 aromatic heterocycles. The van der Waals surface area contributed by atoms with Crippen LogP contribution in [0.2, 0.25) is 0 Å². The molecular formula is C16H16F2N2S. The summed E-state index contributed by atoms with van der Waals surface area (Å²) in [6, 6.07) is 9.75. The second-order valence-electron chi connectivity index (χ2n) is 5.01. The van der Waals surface area contributed by atoms with E-state index in [4.69, 9.17) is 11.1 Å². The molecule has 3 N–H and O–H groups in total. The molecule has 110 valence electrons. The molecule has 0 aliphatic heterocycles. The fraction of sp³-hybridized carbons (Fsp3) is 0.188. The fourth-order valence-corrected chi connectivity index (χ4v) is 2.67. The van der Waals surface area contributed by atoms with Gasteiger partial charge in [-0.2, -0.15) is 0 Å². The number of nitrogens with two attached hydrogens (primary N) is 1. The van der Waals surface area contributed by atoms with E-state index in [0.717, 1.165) is 28.8 Å². The normalized spacial score (nSPS) is 10.9. The fourth-order valence-electron chi connectivity index (χ4n) is 1.85. The average Bonchev–Trinajstić information content (AvgIpc) is 2.43. The van der Waals surface area contributed by atoms with Crippen molar-refractivity contribution in [2.24, 2.45) is 5.73 Å². The summed E-state index contributed by atoms with van der Waals surface area (Å²) in [7, 11) is 0. The van der Waals surface area contributed by atoms with Crippen LogP contribution in [0.5, 0.6) is 0 Å². The zero-order valence-electron chi connectivity index (χ0n) is 11.8. The molecule has 0 bridgehead atoms. The molecule has 2 rings (SSSR count). The van der Waals surface area contributed by atoms with Crippen LogP contribution in [0.15, 0.2) is 46.2 Å². The zero-order valence-corrected chi connectivity index (χ0v) is 12.6. The van der Waals surface area contributed by atoms with Gasteiger partial charge in [-0.1, -0.05) is 37.7 Å². The highest BCUT2D eigenvalue weighted by Crippen LogP contribution is 2.33. The molecule has 2 nitrogen and oxygen atoms in total. The summed E-state index contributed by atoms with van der Waals surface area (Å²) in [4.78, 5) is 0.671. The van der Waals surface area contributed by atoms with Crippen molar-refractivity contribution in [1.82, 2.24) is 0 Å². The molecule has 0 amide bonds. The highest BCUT2D eigenvalue weighted by Gasteiger charge is 2.14. The summed E-state index contributed by atoms with van der Waals surface area (Å²) in [6.45, 7) is 4.17. The van der Waals surface area contributed by atoms with Crippen molar-refractivity contribution in [2.75, 3.05) is 0 Å². The minimum absolute atomic E-state index is 0.0458. The smallest absolute Gasteiger partial charge is 0.140 e. The Morgan fingerprint density at radius 2 is 1.62 bits per heavy atom. The van der Waals surface area contributed by atoms with Crippen molar-refractivity contribution >= 4 is 17.6 Å². The minimum Gasteiger partial charge on any atom is -0.384 e. The van der Waals surface area contributed by atoms with Crippen molar-refractivity contribution < 1.29 is 8.78 Å². The maximum Gasteiger partial charge on any atom is 0.140 e. The maximum absolute atomic E-state index is 14.0. The van der Waals surface area contributed by atoms with Crippen LogP contribution in [0.25, 0.3) is 0 Å². The van der Waals surface area contributed by atoms with Gasteiger partial charge in [-0.15, -0.1) is 0 Å². The van der Waals surface area contributed by atoms with Crippen LogP contribution >= 0.6 is 11.8 Å². The number of halogens is 2. The third-order valence-electron chi connectivity index (χ3n) is 3.08. The Kier molecular flexibility index (Phi) is 4.63. The lowest BCUT2D eigenvalue weighted by atomic mass is 10.0. The number of nitrogens with one attached hydrogen (secondary N) is 1. The van der Waals surface area contributed by atoms with Crippen LogP contribution in [0.1, 0.15) is 30.9 Å². The minimum atomic E-state index is -0.710. The highest BCUT2D eigenvalue weighted by atomic mass is 32.2. The molecule has 0 fully saturated rings. The summed E-state index contributed by atoms with van der Waals surface area (Å²) in [6.07, 6.45) is 0. The van der Waals surface area contributed by atoms with Crippen molar-refractivity contribution in [2.45, 2.75) is 29.6 Å². The third kappa shape index (κ3) is 3.61. The van der Waals surface area contributed by atoms with Gasteiger partial charge in [0.05, 0.1) is 4.90 Å². The number of amidine groups is 1.